The van der Waals surface area contributed by atoms with Crippen LogP contribution in [0.25, 0.3) is 0 Å². The third-order valence-electron chi connectivity index (χ3n) is 2.75. The van der Waals surface area contributed by atoms with E-state index in [1.54, 1.807) is 26.2 Å². The zero-order valence-corrected chi connectivity index (χ0v) is 12.8. The number of benzene rings is 1. The first-order valence-corrected chi connectivity index (χ1v) is 6.84. The van der Waals surface area contributed by atoms with E-state index in [1.165, 1.54) is 0 Å². The van der Waals surface area contributed by atoms with E-state index in [9.17, 15) is 4.79 Å². The number of carbonyl (C=O) groups is 1. The standard InChI is InChI=1S/C14H15ClN4O3/c1-3-22-13(20)11-10(16)12(19-14(15)18-11)17-8-6-4-5-7-9(8)21-2/h4-7H,3,16H2,1-2H3,(H,17,18,19). The van der Waals surface area contributed by atoms with Crippen LogP contribution in [0.1, 0.15) is 17.4 Å². The van der Waals surface area contributed by atoms with Crippen LogP contribution in [0, 0.1) is 0 Å². The van der Waals surface area contributed by atoms with Crippen molar-refractivity contribution in [2.24, 2.45) is 0 Å². The summed E-state index contributed by atoms with van der Waals surface area (Å²) in [5.74, 6) is 0.134. The number of aromatic nitrogens is 2. The van der Waals surface area contributed by atoms with Crippen LogP contribution in [0.3, 0.4) is 0 Å². The van der Waals surface area contributed by atoms with Crippen LogP contribution < -0.4 is 15.8 Å². The highest BCUT2D eigenvalue weighted by Crippen LogP contribution is 2.30. The lowest BCUT2D eigenvalue weighted by molar-refractivity contribution is 0.0520. The number of nitrogens with zero attached hydrogens (tertiary/aromatic N) is 2. The quantitative estimate of drug-likeness (QED) is 0.644. The second-order valence-electron chi connectivity index (χ2n) is 4.15. The molecule has 1 aromatic heterocycles. The first-order valence-electron chi connectivity index (χ1n) is 6.47. The molecule has 0 aliphatic carbocycles. The van der Waals surface area contributed by atoms with Gasteiger partial charge in [0.2, 0.25) is 5.28 Å². The van der Waals surface area contributed by atoms with Gasteiger partial charge in [-0.15, -0.1) is 0 Å². The lowest BCUT2D eigenvalue weighted by Crippen LogP contribution is -2.13. The van der Waals surface area contributed by atoms with Gasteiger partial charge in [-0.1, -0.05) is 12.1 Å². The molecule has 0 fully saturated rings. The summed E-state index contributed by atoms with van der Waals surface area (Å²) in [7, 11) is 1.54. The third-order valence-corrected chi connectivity index (χ3v) is 2.92. The zero-order chi connectivity index (χ0) is 16.1. The van der Waals surface area contributed by atoms with Gasteiger partial charge in [-0.05, 0) is 30.7 Å². The number of ether oxygens (including phenoxy) is 2. The summed E-state index contributed by atoms with van der Waals surface area (Å²) < 4.78 is 10.1. The fourth-order valence-corrected chi connectivity index (χ4v) is 1.94. The predicted molar refractivity (Wildman–Crippen MR) is 83.7 cm³/mol. The number of carbonyl (C=O) groups excluding carboxylic acids is 1. The van der Waals surface area contributed by atoms with Gasteiger partial charge in [0.25, 0.3) is 0 Å². The van der Waals surface area contributed by atoms with Gasteiger partial charge in [-0.3, -0.25) is 0 Å². The van der Waals surface area contributed by atoms with E-state index in [4.69, 9.17) is 26.8 Å². The number of nitrogen functional groups attached to an aromatic ring is 1. The molecule has 0 amide bonds. The molecule has 0 spiro atoms. The molecule has 0 aliphatic heterocycles. The summed E-state index contributed by atoms with van der Waals surface area (Å²) in [5.41, 5.74) is 6.53. The molecule has 8 heteroatoms. The smallest absolute Gasteiger partial charge is 0.359 e. The monoisotopic (exact) mass is 322 g/mol. The molecular formula is C14H15ClN4O3. The van der Waals surface area contributed by atoms with E-state index in [0.717, 1.165) is 0 Å². The molecule has 0 radical (unpaired) electrons. The lowest BCUT2D eigenvalue weighted by atomic mass is 10.2. The Kier molecular flexibility index (Phi) is 5.00. The fourth-order valence-electron chi connectivity index (χ4n) is 1.77. The number of hydrogen-bond acceptors (Lipinski definition) is 7. The van der Waals surface area contributed by atoms with Crippen molar-refractivity contribution in [1.82, 2.24) is 9.97 Å². The first-order chi connectivity index (χ1) is 10.6. The van der Waals surface area contributed by atoms with Crippen LogP contribution in [-0.4, -0.2) is 29.7 Å². The van der Waals surface area contributed by atoms with Crippen molar-refractivity contribution in [3.05, 3.63) is 35.2 Å². The van der Waals surface area contributed by atoms with Gasteiger partial charge in [0.05, 0.1) is 19.4 Å². The number of anilines is 3. The summed E-state index contributed by atoms with van der Waals surface area (Å²) in [6.07, 6.45) is 0. The third kappa shape index (κ3) is 3.37. The van der Waals surface area contributed by atoms with E-state index in [2.05, 4.69) is 15.3 Å². The number of nitrogens with one attached hydrogen (secondary N) is 1. The Labute approximate surface area is 132 Å². The number of methoxy groups -OCH3 is 1. The summed E-state index contributed by atoms with van der Waals surface area (Å²) in [6, 6.07) is 7.19. The summed E-state index contributed by atoms with van der Waals surface area (Å²) in [4.78, 5) is 19.7. The van der Waals surface area contributed by atoms with Crippen molar-refractivity contribution in [3.63, 3.8) is 0 Å². The van der Waals surface area contributed by atoms with Crippen LogP contribution in [0.5, 0.6) is 5.75 Å². The highest BCUT2D eigenvalue weighted by molar-refractivity contribution is 6.28. The second kappa shape index (κ2) is 6.95. The van der Waals surface area contributed by atoms with Gasteiger partial charge in [0.15, 0.2) is 11.5 Å². The van der Waals surface area contributed by atoms with E-state index in [0.29, 0.717) is 11.4 Å². The Morgan fingerprint density at radius 1 is 1.36 bits per heavy atom. The van der Waals surface area contributed by atoms with Gasteiger partial charge in [0.1, 0.15) is 11.4 Å². The van der Waals surface area contributed by atoms with E-state index < -0.39 is 5.97 Å². The van der Waals surface area contributed by atoms with E-state index in [-0.39, 0.29) is 29.1 Å². The van der Waals surface area contributed by atoms with Gasteiger partial charge < -0.3 is 20.5 Å². The topological polar surface area (TPSA) is 99.4 Å². The maximum absolute atomic E-state index is 11.8. The molecule has 116 valence electrons. The molecule has 0 aliphatic rings. The van der Waals surface area contributed by atoms with Gasteiger partial charge in [-0.25, -0.2) is 9.78 Å². The van der Waals surface area contributed by atoms with Crippen molar-refractivity contribution in [2.75, 3.05) is 24.8 Å². The van der Waals surface area contributed by atoms with Crippen molar-refractivity contribution in [3.8, 4) is 5.75 Å². The van der Waals surface area contributed by atoms with Crippen LogP contribution in [-0.2, 0) is 4.74 Å². The minimum Gasteiger partial charge on any atom is -0.495 e. The molecule has 2 rings (SSSR count). The average molecular weight is 323 g/mol. The van der Waals surface area contributed by atoms with Gasteiger partial charge in [0, 0.05) is 0 Å². The molecule has 0 bridgehead atoms. The SMILES string of the molecule is CCOC(=O)c1nc(Cl)nc(Nc2ccccc2OC)c1N. The summed E-state index contributed by atoms with van der Waals surface area (Å²) >= 11 is 5.85. The Hall–Kier alpha value is -2.54. The summed E-state index contributed by atoms with van der Waals surface area (Å²) in [5, 5.41) is 2.86. The largest absolute Gasteiger partial charge is 0.495 e. The molecule has 1 aromatic carbocycles. The van der Waals surface area contributed by atoms with Crippen LogP contribution in [0.15, 0.2) is 24.3 Å². The number of hydrogen-bond donors (Lipinski definition) is 2. The maximum atomic E-state index is 11.8. The van der Waals surface area contributed by atoms with E-state index in [1.807, 2.05) is 12.1 Å². The molecular weight excluding hydrogens is 308 g/mol. The number of para-hydroxylation sites is 2. The molecule has 0 saturated heterocycles. The molecule has 2 aromatic rings. The fraction of sp³-hybridized carbons (Fsp3) is 0.214. The zero-order valence-electron chi connectivity index (χ0n) is 12.1. The second-order valence-corrected chi connectivity index (χ2v) is 4.49. The lowest BCUT2D eigenvalue weighted by Gasteiger charge is -2.13. The van der Waals surface area contributed by atoms with Crippen LogP contribution in [0.4, 0.5) is 17.2 Å². The molecule has 0 unspecified atom stereocenters. The van der Waals surface area contributed by atoms with Crippen molar-refractivity contribution >= 4 is 34.8 Å². The molecule has 0 atom stereocenters. The first kappa shape index (κ1) is 15.8. The van der Waals surface area contributed by atoms with Gasteiger partial charge in [-0.2, -0.15) is 4.98 Å². The van der Waals surface area contributed by atoms with Crippen LogP contribution in [0.2, 0.25) is 5.28 Å². The van der Waals surface area contributed by atoms with Gasteiger partial charge >= 0.3 is 5.97 Å². The Balaban J connectivity index is 2.41. The minimum atomic E-state index is -0.660. The normalized spacial score (nSPS) is 10.1. The van der Waals surface area contributed by atoms with Crippen LogP contribution >= 0.6 is 11.6 Å². The molecule has 7 nitrogen and oxygen atoms in total. The summed E-state index contributed by atoms with van der Waals surface area (Å²) in [6.45, 7) is 1.89. The maximum Gasteiger partial charge on any atom is 0.359 e. The van der Waals surface area contributed by atoms with E-state index >= 15 is 0 Å². The van der Waals surface area contributed by atoms with Crippen molar-refractivity contribution in [2.45, 2.75) is 6.92 Å². The molecule has 1 heterocycles. The molecule has 22 heavy (non-hydrogen) atoms. The Morgan fingerprint density at radius 2 is 2.09 bits per heavy atom. The predicted octanol–water partition coefficient (Wildman–Crippen LogP) is 2.64. The minimum absolute atomic E-state index is 0.0498. The number of halogens is 1. The number of nitrogens with two attached hydrogens (primary N) is 1. The average Bonchev–Trinajstić information content (AvgIpc) is 2.51. The Bertz CT molecular complexity index is 694. The van der Waals surface area contributed by atoms with Crippen molar-refractivity contribution in [1.29, 1.82) is 0 Å². The number of esters is 1. The Morgan fingerprint density at radius 3 is 2.77 bits per heavy atom. The highest BCUT2D eigenvalue weighted by atomic mass is 35.5. The molecule has 0 saturated carbocycles. The van der Waals surface area contributed by atoms with Crippen molar-refractivity contribution < 1.29 is 14.3 Å². The highest BCUT2D eigenvalue weighted by Gasteiger charge is 2.19. The molecule has 3 N–H and O–H groups in total. The number of rotatable bonds is 5.